The lowest BCUT2D eigenvalue weighted by molar-refractivity contribution is 0.122. The normalized spacial score (nSPS) is 13.8. The largest absolute Gasteiger partial charge is 0.378 e. The van der Waals surface area contributed by atoms with Gasteiger partial charge in [0.05, 0.1) is 24.6 Å². The lowest BCUT2D eigenvalue weighted by atomic mass is 10.2. The number of carbonyl (C=O) groups is 1. The van der Waals surface area contributed by atoms with E-state index in [1.807, 2.05) is 60.1 Å². The summed E-state index contributed by atoms with van der Waals surface area (Å²) in [5, 5.41) is 10.3. The molecule has 3 aromatic heterocycles. The molecule has 0 aliphatic carbocycles. The molecule has 4 aromatic rings. The van der Waals surface area contributed by atoms with Gasteiger partial charge < -0.3 is 20.3 Å². The first kappa shape index (κ1) is 20.0. The van der Waals surface area contributed by atoms with E-state index in [1.54, 1.807) is 12.3 Å². The van der Waals surface area contributed by atoms with Crippen LogP contribution in [0.2, 0.25) is 0 Å². The molecule has 1 aliphatic rings. The molecule has 0 bridgehead atoms. The van der Waals surface area contributed by atoms with E-state index in [4.69, 9.17) is 9.72 Å². The van der Waals surface area contributed by atoms with Crippen molar-refractivity contribution < 1.29 is 9.53 Å². The minimum absolute atomic E-state index is 0.325. The van der Waals surface area contributed by atoms with E-state index in [0.717, 1.165) is 35.7 Å². The highest BCUT2D eigenvalue weighted by atomic mass is 16.5. The van der Waals surface area contributed by atoms with Crippen LogP contribution in [-0.2, 0) is 4.74 Å². The van der Waals surface area contributed by atoms with Crippen LogP contribution in [-0.4, -0.2) is 51.9 Å². The van der Waals surface area contributed by atoms with Gasteiger partial charge in [-0.2, -0.15) is 0 Å². The topological polar surface area (TPSA) is 96.7 Å². The Bertz CT molecular complexity index is 1250. The first-order valence-corrected chi connectivity index (χ1v) is 10.5. The summed E-state index contributed by atoms with van der Waals surface area (Å²) < 4.78 is 7.33. The number of pyridine rings is 1. The maximum atomic E-state index is 12.3. The van der Waals surface area contributed by atoms with E-state index >= 15 is 0 Å². The molecule has 1 saturated heterocycles. The van der Waals surface area contributed by atoms with E-state index in [1.165, 1.54) is 0 Å². The van der Waals surface area contributed by atoms with Gasteiger partial charge in [0.25, 0.3) is 0 Å². The lowest BCUT2D eigenvalue weighted by Crippen LogP contribution is -2.37. The zero-order valence-corrected chi connectivity index (χ0v) is 17.7. The smallest absolute Gasteiger partial charge is 0.323 e. The van der Waals surface area contributed by atoms with Crippen LogP contribution in [0.15, 0.2) is 60.9 Å². The predicted molar refractivity (Wildman–Crippen MR) is 123 cm³/mol. The van der Waals surface area contributed by atoms with Crippen LogP contribution in [0, 0.1) is 6.92 Å². The zero-order chi connectivity index (χ0) is 21.9. The molecule has 1 fully saturated rings. The minimum atomic E-state index is -0.325. The fourth-order valence-corrected chi connectivity index (χ4v) is 3.65. The van der Waals surface area contributed by atoms with Crippen molar-refractivity contribution in [2.45, 2.75) is 6.92 Å². The van der Waals surface area contributed by atoms with Crippen LogP contribution in [0.5, 0.6) is 0 Å². The average Bonchev–Trinajstić information content (AvgIpc) is 3.30. The Labute approximate surface area is 185 Å². The summed E-state index contributed by atoms with van der Waals surface area (Å²) in [4.78, 5) is 23.6. The Balaban J connectivity index is 1.35. The maximum Gasteiger partial charge on any atom is 0.323 e. The van der Waals surface area contributed by atoms with Gasteiger partial charge >= 0.3 is 6.03 Å². The number of hydrogen-bond donors (Lipinski definition) is 2. The Kier molecular flexibility index (Phi) is 5.39. The van der Waals surface area contributed by atoms with Crippen molar-refractivity contribution in [2.24, 2.45) is 0 Å². The fourth-order valence-electron chi connectivity index (χ4n) is 3.65. The number of nitrogens with one attached hydrogen (secondary N) is 2. The van der Waals surface area contributed by atoms with Crippen LogP contribution in [0.1, 0.15) is 5.69 Å². The van der Waals surface area contributed by atoms with Crippen LogP contribution < -0.4 is 15.5 Å². The third-order valence-electron chi connectivity index (χ3n) is 5.34. The number of rotatable bonds is 4. The standard InChI is InChI=1S/C23H23N7O2/c1-16-19(4-2-10-24-16)26-23(31)25-18-8-6-17(7-9-18)21-27-22(29-12-14-32-15-13-29)20-5-3-11-30(20)28-21/h2-11H,12-15H2,1H3,(H2,25,26,31). The van der Waals surface area contributed by atoms with Gasteiger partial charge in [-0.3, -0.25) is 4.98 Å². The highest BCUT2D eigenvalue weighted by Gasteiger charge is 2.18. The molecule has 9 heteroatoms. The first-order valence-electron chi connectivity index (χ1n) is 10.5. The van der Waals surface area contributed by atoms with Crippen molar-refractivity contribution in [3.8, 4) is 11.4 Å². The summed E-state index contributed by atoms with van der Waals surface area (Å²) in [6.45, 7) is 4.81. The van der Waals surface area contributed by atoms with Gasteiger partial charge in [0.2, 0.25) is 0 Å². The number of hydrogen-bond acceptors (Lipinski definition) is 6. The molecule has 1 aromatic carbocycles. The zero-order valence-electron chi connectivity index (χ0n) is 17.7. The number of carbonyl (C=O) groups excluding carboxylic acids is 1. The van der Waals surface area contributed by atoms with Crippen molar-refractivity contribution >= 4 is 28.7 Å². The van der Waals surface area contributed by atoms with Crippen molar-refractivity contribution in [1.29, 1.82) is 0 Å². The molecular weight excluding hydrogens is 406 g/mol. The van der Waals surface area contributed by atoms with E-state index in [-0.39, 0.29) is 6.03 Å². The second-order valence-electron chi connectivity index (χ2n) is 7.49. The van der Waals surface area contributed by atoms with Gasteiger partial charge in [-0.15, -0.1) is 5.10 Å². The Hall–Kier alpha value is -3.98. The van der Waals surface area contributed by atoms with Crippen LogP contribution in [0.4, 0.5) is 22.0 Å². The lowest BCUT2D eigenvalue weighted by Gasteiger charge is -2.28. The molecule has 5 rings (SSSR count). The van der Waals surface area contributed by atoms with Gasteiger partial charge in [-0.25, -0.2) is 14.3 Å². The molecule has 1 aliphatic heterocycles. The minimum Gasteiger partial charge on any atom is -0.378 e. The average molecular weight is 429 g/mol. The van der Waals surface area contributed by atoms with Crippen molar-refractivity contribution in [2.75, 3.05) is 41.8 Å². The summed E-state index contributed by atoms with van der Waals surface area (Å²) in [5.41, 5.74) is 3.93. The maximum absolute atomic E-state index is 12.3. The Morgan fingerprint density at radius 3 is 2.62 bits per heavy atom. The fraction of sp³-hybridized carbons (Fsp3) is 0.217. The van der Waals surface area contributed by atoms with Crippen LogP contribution in [0.25, 0.3) is 16.9 Å². The van der Waals surface area contributed by atoms with Crippen molar-refractivity contribution in [3.05, 3.63) is 66.6 Å². The summed E-state index contributed by atoms with van der Waals surface area (Å²) in [6, 6.07) is 14.7. The molecule has 4 heterocycles. The van der Waals surface area contributed by atoms with Crippen molar-refractivity contribution in [3.63, 3.8) is 0 Å². The van der Waals surface area contributed by atoms with Gasteiger partial charge in [0, 0.05) is 36.7 Å². The van der Waals surface area contributed by atoms with Gasteiger partial charge in [-0.1, -0.05) is 0 Å². The monoisotopic (exact) mass is 429 g/mol. The number of aryl methyl sites for hydroxylation is 1. The number of anilines is 3. The number of morpholine rings is 1. The highest BCUT2D eigenvalue weighted by molar-refractivity contribution is 6.00. The molecule has 0 spiro atoms. The number of amides is 2. The van der Waals surface area contributed by atoms with Gasteiger partial charge in [0.1, 0.15) is 5.52 Å². The first-order chi connectivity index (χ1) is 15.7. The second-order valence-corrected chi connectivity index (χ2v) is 7.49. The summed E-state index contributed by atoms with van der Waals surface area (Å²) in [5.74, 6) is 1.52. The quantitative estimate of drug-likeness (QED) is 0.515. The van der Waals surface area contributed by atoms with Gasteiger partial charge in [0.15, 0.2) is 11.6 Å². The third-order valence-corrected chi connectivity index (χ3v) is 5.34. The Morgan fingerprint density at radius 1 is 1.03 bits per heavy atom. The third kappa shape index (κ3) is 4.10. The van der Waals surface area contributed by atoms with E-state index in [2.05, 4.69) is 25.6 Å². The molecule has 0 unspecified atom stereocenters. The molecule has 162 valence electrons. The summed E-state index contributed by atoms with van der Waals surface area (Å²) >= 11 is 0. The molecular formula is C23H23N7O2. The SMILES string of the molecule is Cc1ncccc1NC(=O)Nc1ccc(-c2nc(N3CCOCC3)c3cccn3n2)cc1. The number of nitrogens with zero attached hydrogens (tertiary/aromatic N) is 5. The van der Waals surface area contributed by atoms with E-state index in [0.29, 0.717) is 30.4 Å². The molecule has 0 radical (unpaired) electrons. The molecule has 0 atom stereocenters. The van der Waals surface area contributed by atoms with Crippen LogP contribution in [0.3, 0.4) is 0 Å². The van der Waals surface area contributed by atoms with Crippen LogP contribution >= 0.6 is 0 Å². The molecule has 2 amide bonds. The summed E-state index contributed by atoms with van der Waals surface area (Å²) in [6.07, 6.45) is 3.61. The summed E-state index contributed by atoms with van der Waals surface area (Å²) in [7, 11) is 0. The highest BCUT2D eigenvalue weighted by Crippen LogP contribution is 2.25. The Morgan fingerprint density at radius 2 is 1.84 bits per heavy atom. The number of urea groups is 1. The second kappa shape index (κ2) is 8.64. The molecule has 9 nitrogen and oxygen atoms in total. The van der Waals surface area contributed by atoms with E-state index < -0.39 is 0 Å². The predicted octanol–water partition coefficient (Wildman–Crippen LogP) is 3.58. The number of benzene rings is 1. The molecule has 0 saturated carbocycles. The van der Waals surface area contributed by atoms with Gasteiger partial charge in [-0.05, 0) is 55.5 Å². The van der Waals surface area contributed by atoms with E-state index in [9.17, 15) is 4.79 Å². The number of fused-ring (bicyclic) bond motifs is 1. The number of ether oxygens (including phenoxy) is 1. The molecule has 2 N–H and O–H groups in total. The molecule has 32 heavy (non-hydrogen) atoms. The number of aromatic nitrogens is 4. The van der Waals surface area contributed by atoms with Crippen molar-refractivity contribution in [1.82, 2.24) is 19.6 Å².